The van der Waals surface area contributed by atoms with Crippen LogP contribution in [0.4, 0.5) is 0 Å². The molecular weight excluding hydrogens is 148 g/mol. The van der Waals surface area contributed by atoms with Gasteiger partial charge in [0.1, 0.15) is 0 Å². The maximum absolute atomic E-state index is 5.62. The van der Waals surface area contributed by atoms with E-state index in [0.29, 0.717) is 11.7 Å². The summed E-state index contributed by atoms with van der Waals surface area (Å²) in [5.41, 5.74) is 0.463. The first kappa shape index (κ1) is 8.55. The van der Waals surface area contributed by atoms with E-state index in [0.717, 1.165) is 0 Å². The first-order valence-corrected chi connectivity index (χ1v) is 5.55. The molecule has 1 aliphatic heterocycles. The zero-order valence-electron chi connectivity index (χ0n) is 8.14. The van der Waals surface area contributed by atoms with Gasteiger partial charge in [-0.2, -0.15) is 0 Å². The molecule has 0 radical (unpaired) electrons. The molecule has 1 heteroatoms. The molecule has 0 aromatic heterocycles. The first-order chi connectivity index (χ1) is 5.87. The van der Waals surface area contributed by atoms with Crippen molar-refractivity contribution in [2.75, 3.05) is 0 Å². The van der Waals surface area contributed by atoms with Gasteiger partial charge in [0.15, 0.2) is 0 Å². The van der Waals surface area contributed by atoms with Crippen LogP contribution in [0.15, 0.2) is 0 Å². The lowest BCUT2D eigenvalue weighted by atomic mass is 10.1. The van der Waals surface area contributed by atoms with Crippen LogP contribution >= 0.6 is 0 Å². The van der Waals surface area contributed by atoms with Gasteiger partial charge < -0.3 is 4.74 Å². The second-order valence-electron chi connectivity index (χ2n) is 4.37. The largest absolute Gasteiger partial charge is 0.366 e. The lowest BCUT2D eigenvalue weighted by molar-refractivity contribution is 0.351. The van der Waals surface area contributed by atoms with Crippen LogP contribution in [-0.2, 0) is 4.74 Å². The summed E-state index contributed by atoms with van der Waals surface area (Å²) in [6, 6.07) is 0. The van der Waals surface area contributed by atoms with Crippen LogP contribution in [0, 0.1) is 0 Å². The number of hydrogen-bond donors (Lipinski definition) is 0. The van der Waals surface area contributed by atoms with Gasteiger partial charge in [-0.05, 0) is 19.3 Å². The molecule has 12 heavy (non-hydrogen) atoms. The fourth-order valence-corrected chi connectivity index (χ4v) is 2.07. The zero-order chi connectivity index (χ0) is 8.44. The Hall–Kier alpha value is -0.0400. The summed E-state index contributed by atoms with van der Waals surface area (Å²) in [7, 11) is 0. The number of ether oxygens (including phenoxy) is 1. The van der Waals surface area contributed by atoms with E-state index in [2.05, 4.69) is 6.92 Å². The van der Waals surface area contributed by atoms with Gasteiger partial charge in [-0.1, -0.05) is 39.0 Å². The van der Waals surface area contributed by atoms with Crippen LogP contribution in [0.3, 0.4) is 0 Å². The van der Waals surface area contributed by atoms with E-state index in [1.165, 1.54) is 51.4 Å². The summed E-state index contributed by atoms with van der Waals surface area (Å²) in [4.78, 5) is 0. The van der Waals surface area contributed by atoms with Crippen molar-refractivity contribution in [3.8, 4) is 0 Å². The fourth-order valence-electron chi connectivity index (χ4n) is 2.07. The van der Waals surface area contributed by atoms with Crippen molar-refractivity contribution in [2.24, 2.45) is 0 Å². The van der Waals surface area contributed by atoms with E-state index in [-0.39, 0.29) is 0 Å². The second kappa shape index (κ2) is 3.37. The van der Waals surface area contributed by atoms with Crippen molar-refractivity contribution < 1.29 is 4.74 Å². The molecule has 1 atom stereocenters. The molecule has 2 fully saturated rings. The molecular formula is C11H20O. The number of epoxide rings is 1. The predicted molar refractivity (Wildman–Crippen MR) is 50.2 cm³/mol. The van der Waals surface area contributed by atoms with Gasteiger partial charge in [-0.15, -0.1) is 0 Å². The van der Waals surface area contributed by atoms with Crippen LogP contribution in [0.5, 0.6) is 0 Å². The smallest absolute Gasteiger partial charge is 0.0950 e. The highest BCUT2D eigenvalue weighted by Crippen LogP contribution is 2.58. The van der Waals surface area contributed by atoms with Crippen LogP contribution in [0.25, 0.3) is 0 Å². The quantitative estimate of drug-likeness (QED) is 0.438. The first-order valence-electron chi connectivity index (χ1n) is 5.55. The minimum absolute atomic E-state index is 0.463. The Kier molecular flexibility index (Phi) is 2.40. The zero-order valence-corrected chi connectivity index (χ0v) is 8.14. The van der Waals surface area contributed by atoms with Gasteiger partial charge in [-0.3, -0.25) is 0 Å². The number of rotatable bonds is 6. The summed E-state index contributed by atoms with van der Waals surface area (Å²) in [6.45, 7) is 2.27. The molecule has 0 aromatic rings. The minimum atomic E-state index is 0.463. The van der Waals surface area contributed by atoms with E-state index in [4.69, 9.17) is 4.74 Å². The normalized spacial score (nSPS) is 29.2. The van der Waals surface area contributed by atoms with Crippen LogP contribution in [0.1, 0.15) is 58.3 Å². The standard InChI is InChI=1S/C11H20O/c1-2-3-4-5-6-7-10-11(12-10)8-9-11/h10H,2-9H2,1H3. The average Bonchev–Trinajstić information content (AvgIpc) is 2.95. The van der Waals surface area contributed by atoms with Crippen molar-refractivity contribution in [3.05, 3.63) is 0 Å². The van der Waals surface area contributed by atoms with Gasteiger partial charge in [0, 0.05) is 0 Å². The summed E-state index contributed by atoms with van der Waals surface area (Å²) in [6.07, 6.45) is 11.7. The molecule has 1 nitrogen and oxygen atoms in total. The fraction of sp³-hybridized carbons (Fsp3) is 1.00. The van der Waals surface area contributed by atoms with Crippen molar-refractivity contribution in [1.29, 1.82) is 0 Å². The molecule has 0 aromatic carbocycles. The maximum Gasteiger partial charge on any atom is 0.0950 e. The van der Waals surface area contributed by atoms with E-state index in [1.54, 1.807) is 0 Å². The molecule has 0 amide bonds. The Morgan fingerprint density at radius 3 is 2.50 bits per heavy atom. The SMILES string of the molecule is CCCCCCCC1OC12CC2. The molecule has 1 unspecified atom stereocenters. The van der Waals surface area contributed by atoms with E-state index in [9.17, 15) is 0 Å². The summed E-state index contributed by atoms with van der Waals surface area (Å²) >= 11 is 0. The van der Waals surface area contributed by atoms with Gasteiger partial charge in [0.05, 0.1) is 11.7 Å². The topological polar surface area (TPSA) is 12.5 Å². The third-order valence-electron chi connectivity index (χ3n) is 3.22. The minimum Gasteiger partial charge on any atom is -0.366 e. The molecule has 1 saturated heterocycles. The van der Waals surface area contributed by atoms with Gasteiger partial charge in [0.25, 0.3) is 0 Å². The lowest BCUT2D eigenvalue weighted by Crippen LogP contribution is -1.92. The Morgan fingerprint density at radius 1 is 1.17 bits per heavy atom. The van der Waals surface area contributed by atoms with Gasteiger partial charge >= 0.3 is 0 Å². The molecule has 70 valence electrons. The molecule has 1 saturated carbocycles. The highest BCUT2D eigenvalue weighted by atomic mass is 16.6. The Labute approximate surface area is 75.5 Å². The van der Waals surface area contributed by atoms with E-state index in [1.807, 2.05) is 0 Å². The molecule has 0 N–H and O–H groups in total. The average molecular weight is 168 g/mol. The summed E-state index contributed by atoms with van der Waals surface area (Å²) < 4.78 is 5.62. The lowest BCUT2D eigenvalue weighted by Gasteiger charge is -1.96. The Morgan fingerprint density at radius 2 is 1.92 bits per heavy atom. The molecule has 0 bridgehead atoms. The van der Waals surface area contributed by atoms with Crippen molar-refractivity contribution in [1.82, 2.24) is 0 Å². The number of unbranched alkanes of at least 4 members (excludes halogenated alkanes) is 4. The molecule has 2 aliphatic rings. The van der Waals surface area contributed by atoms with E-state index >= 15 is 0 Å². The highest BCUT2D eigenvalue weighted by Gasteiger charge is 2.64. The summed E-state index contributed by atoms with van der Waals surface area (Å²) in [5.74, 6) is 0. The Bertz CT molecular complexity index is 149. The van der Waals surface area contributed by atoms with Crippen LogP contribution in [0.2, 0.25) is 0 Å². The van der Waals surface area contributed by atoms with Crippen molar-refractivity contribution >= 4 is 0 Å². The molecule has 2 rings (SSSR count). The van der Waals surface area contributed by atoms with Crippen LogP contribution in [-0.4, -0.2) is 11.7 Å². The molecule has 1 aliphatic carbocycles. The monoisotopic (exact) mass is 168 g/mol. The second-order valence-corrected chi connectivity index (χ2v) is 4.37. The summed E-state index contributed by atoms with van der Waals surface area (Å²) in [5, 5.41) is 0. The van der Waals surface area contributed by atoms with Crippen LogP contribution < -0.4 is 0 Å². The molecule has 1 heterocycles. The predicted octanol–water partition coefficient (Wildman–Crippen LogP) is 3.28. The molecule has 1 spiro atoms. The van der Waals surface area contributed by atoms with Crippen molar-refractivity contribution in [2.45, 2.75) is 70.0 Å². The van der Waals surface area contributed by atoms with Gasteiger partial charge in [-0.25, -0.2) is 0 Å². The Balaban J connectivity index is 1.43. The van der Waals surface area contributed by atoms with Crippen molar-refractivity contribution in [3.63, 3.8) is 0 Å². The highest BCUT2D eigenvalue weighted by molar-refractivity contribution is 5.13. The third-order valence-corrected chi connectivity index (χ3v) is 3.22. The van der Waals surface area contributed by atoms with E-state index < -0.39 is 0 Å². The number of hydrogen-bond acceptors (Lipinski definition) is 1. The van der Waals surface area contributed by atoms with Gasteiger partial charge in [0.2, 0.25) is 0 Å². The third kappa shape index (κ3) is 1.82. The maximum atomic E-state index is 5.62.